The largest absolute Gasteiger partial charge is 0.493 e. The number of nitrogens with one attached hydrogen (secondary N) is 4. The molecule has 1 aromatic heterocycles. The van der Waals surface area contributed by atoms with Gasteiger partial charge in [-0.1, -0.05) is 42.5 Å². The quantitative estimate of drug-likeness (QED) is 0.205. The van der Waals surface area contributed by atoms with E-state index in [9.17, 15) is 28.8 Å². The number of hydrogen-bond acceptors (Lipinski definition) is 10. The lowest BCUT2D eigenvalue weighted by Gasteiger charge is -2.25. The summed E-state index contributed by atoms with van der Waals surface area (Å²) in [4.78, 5) is 85.7. The van der Waals surface area contributed by atoms with Gasteiger partial charge in [-0.05, 0) is 43.2 Å². The average molecular weight is 742 g/mol. The van der Waals surface area contributed by atoms with Crippen LogP contribution in [0, 0.1) is 0 Å². The number of ether oxygens (including phenoxy) is 3. The van der Waals surface area contributed by atoms with E-state index in [1.807, 2.05) is 18.2 Å². The van der Waals surface area contributed by atoms with E-state index in [1.54, 1.807) is 36.4 Å². The number of fused-ring (bicyclic) bond motifs is 20. The van der Waals surface area contributed by atoms with Gasteiger partial charge in [-0.3, -0.25) is 33.3 Å². The van der Waals surface area contributed by atoms with Crippen molar-refractivity contribution in [3.8, 4) is 17.2 Å². The van der Waals surface area contributed by atoms with Crippen LogP contribution in [0.4, 0.5) is 0 Å². The second-order valence-corrected chi connectivity index (χ2v) is 12.5. The Balaban J connectivity index is 1.40. The van der Waals surface area contributed by atoms with Gasteiger partial charge in [0.1, 0.15) is 18.6 Å². The first-order chi connectivity index (χ1) is 26.1. The molecule has 0 fully saturated rings. The van der Waals surface area contributed by atoms with Gasteiger partial charge in [-0.25, -0.2) is 4.98 Å². The van der Waals surface area contributed by atoms with Crippen molar-refractivity contribution < 1.29 is 38.2 Å². The van der Waals surface area contributed by atoms with Crippen LogP contribution < -0.4 is 41.0 Å². The Hall–Kier alpha value is -6.45. The number of rotatable bonds is 6. The van der Waals surface area contributed by atoms with Crippen molar-refractivity contribution in [3.05, 3.63) is 94.5 Å². The summed E-state index contributed by atoms with van der Waals surface area (Å²) in [6.07, 6.45) is 1.76. The predicted octanol–water partition coefficient (Wildman–Crippen LogP) is 0.803. The van der Waals surface area contributed by atoms with Gasteiger partial charge in [-0.15, -0.1) is 0 Å². The first-order valence-electron chi connectivity index (χ1n) is 17.4. The summed E-state index contributed by atoms with van der Waals surface area (Å²) in [6, 6.07) is 16.6. The highest BCUT2D eigenvalue weighted by Crippen LogP contribution is 2.38. The minimum Gasteiger partial charge on any atom is -0.493 e. The Morgan fingerprint density at radius 1 is 0.889 bits per heavy atom. The van der Waals surface area contributed by atoms with Gasteiger partial charge in [0, 0.05) is 31.6 Å². The normalized spacial score (nSPS) is 17.9. The fraction of sp³-hybridized carbons (Fsp3) is 0.342. The van der Waals surface area contributed by atoms with Crippen molar-refractivity contribution in [2.75, 3.05) is 47.0 Å². The minimum absolute atomic E-state index is 0.0801. The lowest BCUT2D eigenvalue weighted by molar-refractivity contribution is -0.136. The number of hydrogen-bond donors (Lipinski definition) is 4. The van der Waals surface area contributed by atoms with Crippen LogP contribution >= 0.6 is 0 Å². The number of para-hydroxylation sites is 1. The van der Waals surface area contributed by atoms with Crippen molar-refractivity contribution in [2.45, 2.75) is 38.4 Å². The van der Waals surface area contributed by atoms with Gasteiger partial charge < -0.3 is 40.4 Å². The smallest absolute Gasteiger partial charge is 0.261 e. The molecule has 0 unspecified atom stereocenters. The first kappa shape index (κ1) is 38.8. The van der Waals surface area contributed by atoms with Crippen LogP contribution in [0.1, 0.15) is 29.3 Å². The monoisotopic (exact) mass is 741 g/mol. The molecule has 4 aromatic rings. The number of nitrogens with zero attached hydrogens (tertiary/aromatic N) is 3. The van der Waals surface area contributed by atoms with Gasteiger partial charge in [0.05, 0.1) is 44.6 Å². The molecule has 0 saturated carbocycles. The van der Waals surface area contributed by atoms with E-state index >= 15 is 0 Å². The second kappa shape index (κ2) is 18.3. The molecule has 3 heterocycles. The molecule has 5 amide bonds. The van der Waals surface area contributed by atoms with Crippen molar-refractivity contribution in [1.82, 2.24) is 35.7 Å². The van der Waals surface area contributed by atoms with E-state index in [1.165, 1.54) is 49.1 Å². The van der Waals surface area contributed by atoms with Gasteiger partial charge in [-0.2, -0.15) is 0 Å². The summed E-state index contributed by atoms with van der Waals surface area (Å²) in [5.74, 6) is -2.16. The molecule has 16 heteroatoms. The van der Waals surface area contributed by atoms with Crippen molar-refractivity contribution >= 4 is 40.4 Å². The fourth-order valence-corrected chi connectivity index (χ4v) is 5.75. The Morgan fingerprint density at radius 3 is 2.31 bits per heavy atom. The molecule has 284 valence electrons. The third kappa shape index (κ3) is 9.90. The molecule has 0 aliphatic carbocycles. The van der Waals surface area contributed by atoms with E-state index in [-0.39, 0.29) is 62.0 Å². The van der Waals surface area contributed by atoms with Crippen LogP contribution in [0.15, 0.2) is 77.9 Å². The molecule has 0 radical (unpaired) electrons. The minimum atomic E-state index is -1.07. The maximum atomic E-state index is 13.6. The van der Waals surface area contributed by atoms with Gasteiger partial charge in [0.25, 0.3) is 11.5 Å². The number of amides is 5. The highest BCUT2D eigenvalue weighted by atomic mass is 16.5. The van der Waals surface area contributed by atoms with Crippen LogP contribution in [-0.2, 0) is 32.1 Å². The van der Waals surface area contributed by atoms with E-state index in [0.717, 1.165) is 5.56 Å². The molecular formula is C38H43N7O9. The summed E-state index contributed by atoms with van der Waals surface area (Å²) in [5.41, 5.74) is 0.971. The maximum absolute atomic E-state index is 13.6. The number of aromatic nitrogens is 2. The van der Waals surface area contributed by atoms with Crippen molar-refractivity contribution in [3.63, 3.8) is 0 Å². The van der Waals surface area contributed by atoms with Gasteiger partial charge in [0.2, 0.25) is 29.4 Å². The zero-order valence-corrected chi connectivity index (χ0v) is 30.3. The number of methoxy groups -OCH3 is 2. The van der Waals surface area contributed by atoms with Crippen molar-refractivity contribution in [1.29, 1.82) is 0 Å². The molecular weight excluding hydrogens is 698 g/mol. The molecule has 2 aliphatic rings. The van der Waals surface area contributed by atoms with E-state index in [0.29, 0.717) is 17.3 Å². The fourth-order valence-electron chi connectivity index (χ4n) is 5.75. The molecule has 2 aliphatic heterocycles. The maximum Gasteiger partial charge on any atom is 0.261 e. The number of benzene rings is 3. The number of carbonyl (C=O) groups excluding carboxylic acids is 5. The van der Waals surface area contributed by atoms with Gasteiger partial charge >= 0.3 is 0 Å². The predicted molar refractivity (Wildman–Crippen MR) is 197 cm³/mol. The topological polar surface area (TPSA) is 199 Å². The third-order valence-electron chi connectivity index (χ3n) is 8.67. The van der Waals surface area contributed by atoms with Crippen LogP contribution in [-0.4, -0.2) is 103 Å². The first-order valence-corrected chi connectivity index (χ1v) is 17.4. The molecule has 4 N–H and O–H groups in total. The van der Waals surface area contributed by atoms with Gasteiger partial charge in [0.15, 0.2) is 11.5 Å². The molecule has 54 heavy (non-hydrogen) atoms. The van der Waals surface area contributed by atoms with Crippen LogP contribution in [0.5, 0.6) is 17.2 Å². The Morgan fingerprint density at radius 2 is 1.59 bits per heavy atom. The molecule has 2 atom stereocenters. The summed E-state index contributed by atoms with van der Waals surface area (Å²) < 4.78 is 18.0. The van der Waals surface area contributed by atoms with Crippen LogP contribution in [0.25, 0.3) is 10.9 Å². The van der Waals surface area contributed by atoms with E-state index in [4.69, 9.17) is 14.2 Å². The summed E-state index contributed by atoms with van der Waals surface area (Å²) in [6.45, 7) is 0.871. The average Bonchev–Trinajstić information content (AvgIpc) is 3.17. The Labute approximate surface area is 311 Å². The summed E-state index contributed by atoms with van der Waals surface area (Å²) in [7, 11) is 2.81. The van der Waals surface area contributed by atoms with Crippen molar-refractivity contribution in [2.24, 2.45) is 0 Å². The number of carbonyl (C=O) groups is 5. The lowest BCUT2D eigenvalue weighted by atomic mass is 10.0. The SMILES string of the molecule is COc1cc2cc(OC)c1OCCCNC(=O)CN(C(=O)Cn1cnc3ccccc3c1=O)CCNC(=O)[C@@H](Cc1ccccc1)NC(=O)[C@H](C)NC2=O. The molecule has 2 bridgehead atoms. The molecule has 0 spiro atoms. The Kier molecular flexibility index (Phi) is 13.2. The summed E-state index contributed by atoms with van der Waals surface area (Å²) in [5, 5.41) is 11.3. The van der Waals surface area contributed by atoms with Crippen LogP contribution in [0.3, 0.4) is 0 Å². The van der Waals surface area contributed by atoms with E-state index in [2.05, 4.69) is 26.3 Å². The molecule has 0 saturated heterocycles. The second-order valence-electron chi connectivity index (χ2n) is 12.5. The molecule has 16 nitrogen and oxygen atoms in total. The zero-order valence-electron chi connectivity index (χ0n) is 30.3. The van der Waals surface area contributed by atoms with Crippen LogP contribution in [0.2, 0.25) is 0 Å². The highest BCUT2D eigenvalue weighted by Gasteiger charge is 2.27. The van der Waals surface area contributed by atoms with E-state index < -0.39 is 53.7 Å². The summed E-state index contributed by atoms with van der Waals surface area (Å²) >= 11 is 0. The third-order valence-corrected chi connectivity index (χ3v) is 8.67. The standard InChI is InChI=1S/C38H43N7O9/c1-24-35(48)43-29(18-25-10-5-4-6-11-25)37(50)40-15-16-44(33(47)22-45-23-41-28-13-8-7-12-27(28)38(45)51)21-32(46)39-14-9-17-54-34-30(52-2)19-26(36(49)42-24)20-31(34)53-3/h4-8,10-13,19-20,23-24,29H,9,14-18,21-22H2,1-3H3,(H,39,46)(H,40,50)(H,42,49)(H,43,48)/t24-,29+/m0/s1. The lowest BCUT2D eigenvalue weighted by Crippen LogP contribution is -2.54. The molecule has 6 rings (SSSR count). The highest BCUT2D eigenvalue weighted by molar-refractivity contribution is 5.99. The Bertz CT molecular complexity index is 2030. The zero-order chi connectivity index (χ0) is 38.6. The molecule has 3 aromatic carbocycles.